The lowest BCUT2D eigenvalue weighted by Crippen LogP contribution is -2.29. The number of piperidine rings is 1. The van der Waals surface area contributed by atoms with Crippen molar-refractivity contribution >= 4 is 17.2 Å². The van der Waals surface area contributed by atoms with Crippen molar-refractivity contribution in [1.29, 1.82) is 0 Å². The number of nitrogens with zero attached hydrogens (tertiary/aromatic N) is 5. The van der Waals surface area contributed by atoms with E-state index in [1.807, 2.05) is 18.6 Å². The molecule has 0 atom stereocenters. The van der Waals surface area contributed by atoms with Gasteiger partial charge in [-0.3, -0.25) is 9.08 Å². The van der Waals surface area contributed by atoms with Crippen molar-refractivity contribution in [3.8, 4) is 11.3 Å². The van der Waals surface area contributed by atoms with Gasteiger partial charge in [-0.25, -0.2) is 9.97 Å². The minimum atomic E-state index is 0.458. The van der Waals surface area contributed by atoms with Gasteiger partial charge in [0.15, 0.2) is 11.5 Å². The molecule has 1 fully saturated rings. The summed E-state index contributed by atoms with van der Waals surface area (Å²) in [6, 6.07) is 8.87. The summed E-state index contributed by atoms with van der Waals surface area (Å²) in [5.74, 6) is 0.728. The Morgan fingerprint density at radius 1 is 1.14 bits per heavy atom. The highest BCUT2D eigenvalue weighted by atomic mass is 15.3. The summed E-state index contributed by atoms with van der Waals surface area (Å²) in [6.07, 6.45) is 11.8. The molecule has 1 aliphatic rings. The van der Waals surface area contributed by atoms with E-state index in [2.05, 4.69) is 72.2 Å². The molecule has 7 nitrogen and oxygen atoms in total. The van der Waals surface area contributed by atoms with Gasteiger partial charge in [0.05, 0.1) is 29.8 Å². The van der Waals surface area contributed by atoms with Crippen LogP contribution in [0.1, 0.15) is 24.4 Å². The van der Waals surface area contributed by atoms with Crippen molar-refractivity contribution in [2.45, 2.75) is 25.8 Å². The van der Waals surface area contributed by atoms with Crippen LogP contribution in [-0.2, 0) is 0 Å². The zero-order valence-electron chi connectivity index (χ0n) is 15.8. The Balaban J connectivity index is 1.45. The topological polar surface area (TPSA) is 72.1 Å². The van der Waals surface area contributed by atoms with E-state index in [9.17, 15) is 0 Å². The van der Waals surface area contributed by atoms with E-state index < -0.39 is 0 Å². The first-order valence-corrected chi connectivity index (χ1v) is 9.69. The molecule has 0 saturated carbocycles. The molecular formula is C21H23N7. The van der Waals surface area contributed by atoms with Crippen LogP contribution in [0.2, 0.25) is 0 Å². The Labute approximate surface area is 163 Å². The second-order valence-electron chi connectivity index (χ2n) is 7.30. The van der Waals surface area contributed by atoms with Crippen molar-refractivity contribution in [3.05, 3.63) is 60.8 Å². The average Bonchev–Trinajstić information content (AvgIpc) is 3.39. The zero-order valence-corrected chi connectivity index (χ0v) is 15.8. The third kappa shape index (κ3) is 3.14. The molecular weight excluding hydrogens is 350 g/mol. The number of rotatable bonds is 4. The summed E-state index contributed by atoms with van der Waals surface area (Å²) in [5, 5.41) is 11.3. The molecule has 2 N–H and O–H groups in total. The fraction of sp³-hybridized carbons (Fsp3) is 0.286. The first-order valence-electron chi connectivity index (χ1n) is 9.69. The Morgan fingerprint density at radius 3 is 2.89 bits per heavy atom. The summed E-state index contributed by atoms with van der Waals surface area (Å²) in [7, 11) is 0. The SMILES string of the molecule is Cc1cccc(-c2cnc(Nc3cnn(C4CCNCC4)c3)c3nccn23)c1. The van der Waals surface area contributed by atoms with Crippen LogP contribution in [0.3, 0.4) is 0 Å². The van der Waals surface area contributed by atoms with E-state index in [-0.39, 0.29) is 0 Å². The number of hydrogen-bond acceptors (Lipinski definition) is 5. The van der Waals surface area contributed by atoms with Crippen LogP contribution in [0, 0.1) is 6.92 Å². The predicted octanol–water partition coefficient (Wildman–Crippen LogP) is 3.57. The van der Waals surface area contributed by atoms with Crippen LogP contribution in [-0.4, -0.2) is 37.2 Å². The monoisotopic (exact) mass is 373 g/mol. The third-order valence-corrected chi connectivity index (χ3v) is 5.29. The molecule has 1 aromatic carbocycles. The molecule has 1 aliphatic heterocycles. The molecule has 7 heteroatoms. The van der Waals surface area contributed by atoms with Gasteiger partial charge in [-0.1, -0.05) is 23.8 Å². The van der Waals surface area contributed by atoms with E-state index in [1.54, 1.807) is 6.20 Å². The Bertz CT molecular complexity index is 1100. The van der Waals surface area contributed by atoms with E-state index in [1.165, 1.54) is 5.56 Å². The number of benzene rings is 1. The fourth-order valence-electron chi connectivity index (χ4n) is 3.84. The van der Waals surface area contributed by atoms with Crippen molar-refractivity contribution in [3.63, 3.8) is 0 Å². The normalized spacial score (nSPS) is 15.2. The maximum absolute atomic E-state index is 4.66. The largest absolute Gasteiger partial charge is 0.335 e. The Kier molecular flexibility index (Phi) is 4.29. The zero-order chi connectivity index (χ0) is 18.9. The van der Waals surface area contributed by atoms with Crippen LogP contribution in [0.5, 0.6) is 0 Å². The lowest BCUT2D eigenvalue weighted by molar-refractivity contribution is 0.343. The van der Waals surface area contributed by atoms with Gasteiger partial charge in [-0.05, 0) is 38.9 Å². The lowest BCUT2D eigenvalue weighted by Gasteiger charge is -2.22. The molecule has 0 radical (unpaired) electrons. The smallest absolute Gasteiger partial charge is 0.180 e. The highest BCUT2D eigenvalue weighted by molar-refractivity contribution is 5.73. The van der Waals surface area contributed by atoms with Crippen LogP contribution >= 0.6 is 0 Å². The van der Waals surface area contributed by atoms with Crippen molar-refractivity contribution in [2.75, 3.05) is 18.4 Å². The Hall–Kier alpha value is -3.19. The minimum Gasteiger partial charge on any atom is -0.335 e. The minimum absolute atomic E-state index is 0.458. The van der Waals surface area contributed by atoms with Gasteiger partial charge in [0, 0.05) is 24.2 Å². The van der Waals surface area contributed by atoms with Gasteiger partial charge in [0.25, 0.3) is 0 Å². The number of hydrogen-bond donors (Lipinski definition) is 2. The quantitative estimate of drug-likeness (QED) is 0.572. The molecule has 0 spiro atoms. The van der Waals surface area contributed by atoms with E-state index in [0.717, 1.165) is 54.3 Å². The fourth-order valence-corrected chi connectivity index (χ4v) is 3.84. The molecule has 3 aromatic heterocycles. The number of aryl methyl sites for hydroxylation is 1. The molecule has 1 saturated heterocycles. The number of anilines is 2. The second-order valence-corrected chi connectivity index (χ2v) is 7.30. The molecule has 142 valence electrons. The summed E-state index contributed by atoms with van der Waals surface area (Å²) in [5.41, 5.74) is 5.10. The van der Waals surface area contributed by atoms with E-state index >= 15 is 0 Å². The first kappa shape index (κ1) is 16.9. The maximum atomic E-state index is 4.66. The number of aromatic nitrogens is 5. The van der Waals surface area contributed by atoms with Crippen LogP contribution < -0.4 is 10.6 Å². The second kappa shape index (κ2) is 7.09. The lowest BCUT2D eigenvalue weighted by atomic mass is 10.1. The maximum Gasteiger partial charge on any atom is 0.180 e. The molecule has 5 rings (SSSR count). The van der Waals surface area contributed by atoms with Crippen molar-refractivity contribution < 1.29 is 0 Å². The number of fused-ring (bicyclic) bond motifs is 1. The number of imidazole rings is 1. The average molecular weight is 373 g/mol. The van der Waals surface area contributed by atoms with Crippen LogP contribution in [0.4, 0.5) is 11.5 Å². The van der Waals surface area contributed by atoms with Gasteiger partial charge in [-0.15, -0.1) is 0 Å². The highest BCUT2D eigenvalue weighted by Gasteiger charge is 2.16. The standard InChI is InChI=1S/C21H23N7/c1-15-3-2-4-16(11-15)19-13-24-20(21-23-9-10-27(19)21)26-17-12-25-28(14-17)18-5-7-22-8-6-18/h2-4,9-14,18,22H,5-8H2,1H3,(H,24,26). The Morgan fingerprint density at radius 2 is 2.04 bits per heavy atom. The molecule has 0 unspecified atom stereocenters. The molecule has 28 heavy (non-hydrogen) atoms. The molecule has 4 aromatic rings. The third-order valence-electron chi connectivity index (χ3n) is 5.29. The highest BCUT2D eigenvalue weighted by Crippen LogP contribution is 2.26. The van der Waals surface area contributed by atoms with Gasteiger partial charge in [0.2, 0.25) is 0 Å². The predicted molar refractivity (Wildman–Crippen MR) is 110 cm³/mol. The van der Waals surface area contributed by atoms with E-state index in [0.29, 0.717) is 6.04 Å². The van der Waals surface area contributed by atoms with Crippen LogP contribution in [0.25, 0.3) is 16.9 Å². The summed E-state index contributed by atoms with van der Waals surface area (Å²) < 4.78 is 4.13. The van der Waals surface area contributed by atoms with Crippen LogP contribution in [0.15, 0.2) is 55.2 Å². The van der Waals surface area contributed by atoms with Gasteiger partial charge >= 0.3 is 0 Å². The summed E-state index contributed by atoms with van der Waals surface area (Å²) in [4.78, 5) is 9.18. The molecule has 0 aliphatic carbocycles. The molecule has 0 bridgehead atoms. The van der Waals surface area contributed by atoms with Gasteiger partial charge in [0.1, 0.15) is 0 Å². The summed E-state index contributed by atoms with van der Waals surface area (Å²) in [6.45, 7) is 4.19. The van der Waals surface area contributed by atoms with Crippen molar-refractivity contribution in [1.82, 2.24) is 29.5 Å². The number of nitrogens with one attached hydrogen (secondary N) is 2. The molecule has 0 amide bonds. The van der Waals surface area contributed by atoms with Gasteiger partial charge in [-0.2, -0.15) is 5.10 Å². The summed E-state index contributed by atoms with van der Waals surface area (Å²) >= 11 is 0. The first-order chi connectivity index (χ1) is 13.8. The van der Waals surface area contributed by atoms with E-state index in [4.69, 9.17) is 0 Å². The van der Waals surface area contributed by atoms with Gasteiger partial charge < -0.3 is 10.6 Å². The van der Waals surface area contributed by atoms with Crippen molar-refractivity contribution in [2.24, 2.45) is 0 Å². The molecule has 4 heterocycles.